The lowest BCUT2D eigenvalue weighted by atomic mass is 9.75. The molecule has 3 atom stereocenters. The smallest absolute Gasteiger partial charge is 0.331 e. The number of rotatable bonds is 4. The summed E-state index contributed by atoms with van der Waals surface area (Å²) in [5, 5.41) is 0. The molecule has 2 nitrogen and oxygen atoms in total. The maximum atomic E-state index is 12.0. The summed E-state index contributed by atoms with van der Waals surface area (Å²) < 4.78 is 5.64. The molecule has 0 heterocycles. The Labute approximate surface area is 128 Å². The maximum Gasteiger partial charge on any atom is 0.331 e. The van der Waals surface area contributed by atoms with Crippen molar-refractivity contribution in [3.05, 3.63) is 42.0 Å². The van der Waals surface area contributed by atoms with E-state index in [9.17, 15) is 4.79 Å². The molecular formula is C19H26O2. The quantitative estimate of drug-likeness (QED) is 0.592. The van der Waals surface area contributed by atoms with Crippen LogP contribution >= 0.6 is 0 Å². The third kappa shape index (κ3) is 5.04. The molecule has 0 radical (unpaired) electrons. The van der Waals surface area contributed by atoms with Crippen LogP contribution in [-0.2, 0) is 9.53 Å². The van der Waals surface area contributed by atoms with Gasteiger partial charge in [0.1, 0.15) is 6.10 Å². The van der Waals surface area contributed by atoms with Crippen molar-refractivity contribution in [2.75, 3.05) is 0 Å². The zero-order valence-corrected chi connectivity index (χ0v) is 13.3. The predicted molar refractivity (Wildman–Crippen MR) is 86.7 cm³/mol. The van der Waals surface area contributed by atoms with Crippen LogP contribution in [0.4, 0.5) is 0 Å². The summed E-state index contributed by atoms with van der Waals surface area (Å²) >= 11 is 0. The highest BCUT2D eigenvalue weighted by atomic mass is 16.5. The van der Waals surface area contributed by atoms with Crippen LogP contribution in [0.2, 0.25) is 0 Å². The van der Waals surface area contributed by atoms with Gasteiger partial charge in [-0.2, -0.15) is 0 Å². The highest BCUT2D eigenvalue weighted by molar-refractivity contribution is 5.87. The Kier molecular flexibility index (Phi) is 5.60. The molecule has 0 bridgehead atoms. The van der Waals surface area contributed by atoms with Crippen molar-refractivity contribution in [1.29, 1.82) is 0 Å². The number of carbonyl (C=O) groups is 1. The first kappa shape index (κ1) is 15.8. The van der Waals surface area contributed by atoms with Crippen LogP contribution in [0.15, 0.2) is 36.4 Å². The van der Waals surface area contributed by atoms with Gasteiger partial charge in [0, 0.05) is 6.08 Å². The second kappa shape index (κ2) is 7.44. The first-order chi connectivity index (χ1) is 10.0. The maximum absolute atomic E-state index is 12.0. The molecule has 0 aliphatic heterocycles. The van der Waals surface area contributed by atoms with E-state index in [-0.39, 0.29) is 12.1 Å². The first-order valence-electron chi connectivity index (χ1n) is 7.98. The minimum absolute atomic E-state index is 0.0778. The van der Waals surface area contributed by atoms with Gasteiger partial charge in [0.2, 0.25) is 0 Å². The Morgan fingerprint density at radius 1 is 1.19 bits per heavy atom. The van der Waals surface area contributed by atoms with Crippen molar-refractivity contribution in [2.24, 2.45) is 17.8 Å². The van der Waals surface area contributed by atoms with Crippen LogP contribution in [0, 0.1) is 17.8 Å². The summed E-state index contributed by atoms with van der Waals surface area (Å²) in [4.78, 5) is 12.0. The summed E-state index contributed by atoms with van der Waals surface area (Å²) in [6, 6.07) is 9.83. The van der Waals surface area contributed by atoms with Crippen LogP contribution in [0.25, 0.3) is 6.08 Å². The molecule has 114 valence electrons. The highest BCUT2D eigenvalue weighted by Gasteiger charge is 2.30. The van der Waals surface area contributed by atoms with Gasteiger partial charge in [-0.15, -0.1) is 0 Å². The average Bonchev–Trinajstić information content (AvgIpc) is 2.45. The van der Waals surface area contributed by atoms with Crippen molar-refractivity contribution in [2.45, 2.75) is 46.1 Å². The van der Waals surface area contributed by atoms with Gasteiger partial charge in [0.05, 0.1) is 0 Å². The van der Waals surface area contributed by atoms with E-state index in [1.54, 1.807) is 6.08 Å². The average molecular weight is 286 g/mol. The van der Waals surface area contributed by atoms with Crippen molar-refractivity contribution in [3.8, 4) is 0 Å². The zero-order valence-electron chi connectivity index (χ0n) is 13.3. The van der Waals surface area contributed by atoms with Crippen LogP contribution in [0.5, 0.6) is 0 Å². The molecule has 3 unspecified atom stereocenters. The Bertz CT molecular complexity index is 476. The van der Waals surface area contributed by atoms with Crippen LogP contribution in [0.1, 0.15) is 45.6 Å². The van der Waals surface area contributed by atoms with Crippen LogP contribution < -0.4 is 0 Å². The van der Waals surface area contributed by atoms with Gasteiger partial charge in [-0.05, 0) is 48.7 Å². The van der Waals surface area contributed by atoms with Gasteiger partial charge >= 0.3 is 5.97 Å². The van der Waals surface area contributed by atoms with E-state index in [1.807, 2.05) is 36.4 Å². The van der Waals surface area contributed by atoms with Crippen LogP contribution in [0.3, 0.4) is 0 Å². The minimum Gasteiger partial charge on any atom is -0.459 e. The minimum atomic E-state index is -0.222. The van der Waals surface area contributed by atoms with Gasteiger partial charge < -0.3 is 4.74 Å². The molecule has 1 aliphatic carbocycles. The lowest BCUT2D eigenvalue weighted by molar-refractivity contribution is -0.146. The fourth-order valence-electron chi connectivity index (χ4n) is 3.16. The van der Waals surface area contributed by atoms with E-state index in [1.165, 1.54) is 6.42 Å². The normalized spacial score (nSPS) is 26.2. The molecule has 0 N–H and O–H groups in total. The van der Waals surface area contributed by atoms with Crippen LogP contribution in [-0.4, -0.2) is 12.1 Å². The van der Waals surface area contributed by atoms with E-state index >= 15 is 0 Å². The number of hydrogen-bond acceptors (Lipinski definition) is 2. The Morgan fingerprint density at radius 2 is 1.90 bits per heavy atom. The molecular weight excluding hydrogens is 260 g/mol. The molecule has 1 saturated carbocycles. The Hall–Kier alpha value is -1.57. The molecule has 1 aliphatic rings. The third-order valence-electron chi connectivity index (χ3n) is 4.37. The third-order valence-corrected chi connectivity index (χ3v) is 4.37. The topological polar surface area (TPSA) is 26.3 Å². The largest absolute Gasteiger partial charge is 0.459 e. The predicted octanol–water partition coefficient (Wildman–Crippen LogP) is 4.70. The lowest BCUT2D eigenvalue weighted by Crippen LogP contribution is -2.31. The number of carbonyl (C=O) groups excluding carboxylic acids is 1. The van der Waals surface area contributed by atoms with E-state index in [4.69, 9.17) is 4.74 Å². The molecule has 2 heteroatoms. The lowest BCUT2D eigenvalue weighted by Gasteiger charge is -2.34. The fourth-order valence-corrected chi connectivity index (χ4v) is 3.16. The molecule has 1 aromatic rings. The van der Waals surface area contributed by atoms with Crippen molar-refractivity contribution < 1.29 is 9.53 Å². The van der Waals surface area contributed by atoms with Crippen molar-refractivity contribution in [1.82, 2.24) is 0 Å². The van der Waals surface area contributed by atoms with Gasteiger partial charge in [0.15, 0.2) is 0 Å². The van der Waals surface area contributed by atoms with E-state index in [0.29, 0.717) is 17.8 Å². The van der Waals surface area contributed by atoms with Gasteiger partial charge in [-0.25, -0.2) is 4.79 Å². The van der Waals surface area contributed by atoms with Gasteiger partial charge in [-0.1, -0.05) is 51.1 Å². The summed E-state index contributed by atoms with van der Waals surface area (Å²) in [5.41, 5.74) is 1.02. The summed E-state index contributed by atoms with van der Waals surface area (Å²) in [6.45, 7) is 6.78. The van der Waals surface area contributed by atoms with E-state index in [2.05, 4.69) is 20.8 Å². The number of benzene rings is 1. The molecule has 0 amide bonds. The second-order valence-corrected chi connectivity index (χ2v) is 6.62. The first-order valence-corrected chi connectivity index (χ1v) is 7.98. The highest BCUT2D eigenvalue weighted by Crippen LogP contribution is 2.35. The second-order valence-electron chi connectivity index (χ2n) is 6.62. The standard InChI is InChI=1S/C19H26O2/c1-14(2)17-11-15(3)12-18(13-17)21-19(20)10-9-16-7-5-4-6-8-16/h4-10,14-15,17-18H,11-13H2,1-3H3/b10-9+. The Balaban J connectivity index is 1.88. The molecule has 1 aromatic carbocycles. The monoisotopic (exact) mass is 286 g/mol. The van der Waals surface area contributed by atoms with E-state index < -0.39 is 0 Å². The van der Waals surface area contributed by atoms with Gasteiger partial charge in [-0.3, -0.25) is 0 Å². The van der Waals surface area contributed by atoms with Crippen molar-refractivity contribution >= 4 is 12.0 Å². The number of ether oxygens (including phenoxy) is 1. The van der Waals surface area contributed by atoms with Crippen molar-refractivity contribution in [3.63, 3.8) is 0 Å². The fraction of sp³-hybridized carbons (Fsp3) is 0.526. The number of hydrogen-bond donors (Lipinski definition) is 0. The molecule has 21 heavy (non-hydrogen) atoms. The number of esters is 1. The molecule has 0 saturated heterocycles. The zero-order chi connectivity index (χ0) is 15.2. The Morgan fingerprint density at radius 3 is 2.57 bits per heavy atom. The molecule has 1 fully saturated rings. The van der Waals surface area contributed by atoms with E-state index in [0.717, 1.165) is 18.4 Å². The van der Waals surface area contributed by atoms with Gasteiger partial charge in [0.25, 0.3) is 0 Å². The summed E-state index contributed by atoms with van der Waals surface area (Å²) in [6.07, 6.45) is 6.69. The molecule has 0 aromatic heterocycles. The molecule has 2 rings (SSSR count). The summed E-state index contributed by atoms with van der Waals surface area (Å²) in [5.74, 6) is 1.75. The molecule has 0 spiro atoms. The SMILES string of the molecule is CC1CC(OC(=O)/C=C/c2ccccc2)CC(C(C)C)C1. The summed E-state index contributed by atoms with van der Waals surface area (Å²) in [7, 11) is 0.